The number of benzene rings is 2. The highest BCUT2D eigenvalue weighted by molar-refractivity contribution is 7.90. The summed E-state index contributed by atoms with van der Waals surface area (Å²) in [5.41, 5.74) is 9.01. The molecule has 0 saturated carbocycles. The number of carbonyl (C=O) groups is 2. The van der Waals surface area contributed by atoms with Crippen molar-refractivity contribution >= 4 is 39.1 Å². The van der Waals surface area contributed by atoms with E-state index in [9.17, 15) is 18.0 Å². The zero-order valence-electron chi connectivity index (χ0n) is 15.0. The molecule has 8 heteroatoms. The van der Waals surface area contributed by atoms with Crippen LogP contribution in [0.1, 0.15) is 10.4 Å². The lowest BCUT2D eigenvalue weighted by Gasteiger charge is -2.09. The van der Waals surface area contributed by atoms with Crippen LogP contribution in [0, 0.1) is 0 Å². The Morgan fingerprint density at radius 2 is 1.68 bits per heavy atom. The van der Waals surface area contributed by atoms with Crippen LogP contribution >= 0.6 is 11.3 Å². The molecule has 3 rings (SSSR count). The molecular formula is C20H18N2O4S2. The van der Waals surface area contributed by atoms with Gasteiger partial charge in [0.25, 0.3) is 0 Å². The molecule has 0 atom stereocenters. The highest BCUT2D eigenvalue weighted by Gasteiger charge is 2.19. The number of primary amides is 1. The van der Waals surface area contributed by atoms with Crippen LogP contribution in [0.4, 0.5) is 5.69 Å². The van der Waals surface area contributed by atoms with Crippen LogP contribution < -0.4 is 11.1 Å². The average Bonchev–Trinajstić information content (AvgIpc) is 3.11. The fraction of sp³-hybridized carbons (Fsp3) is 0.100. The summed E-state index contributed by atoms with van der Waals surface area (Å²) in [6.07, 6.45) is 1.93. The Bertz CT molecular complexity index is 1120. The molecule has 0 bridgehead atoms. The first-order valence-electron chi connectivity index (χ1n) is 8.31. The van der Waals surface area contributed by atoms with Gasteiger partial charge in [0.1, 0.15) is 6.29 Å². The maximum absolute atomic E-state index is 11.9. The van der Waals surface area contributed by atoms with Gasteiger partial charge in [0.15, 0.2) is 9.84 Å². The van der Waals surface area contributed by atoms with Gasteiger partial charge < -0.3 is 15.8 Å². The summed E-state index contributed by atoms with van der Waals surface area (Å²) in [4.78, 5) is 23.5. The third-order valence-electron chi connectivity index (χ3n) is 4.16. The Morgan fingerprint density at radius 1 is 1.07 bits per heavy atom. The zero-order chi connectivity index (χ0) is 20.3. The van der Waals surface area contributed by atoms with Crippen molar-refractivity contribution < 1.29 is 18.0 Å². The maximum atomic E-state index is 11.9. The Balaban J connectivity index is 2.07. The number of hydrogen-bond acceptors (Lipinski definition) is 6. The average molecular weight is 415 g/mol. The molecule has 1 amide bonds. The van der Waals surface area contributed by atoms with Crippen molar-refractivity contribution in [3.63, 3.8) is 0 Å². The molecule has 3 N–H and O–H groups in total. The van der Waals surface area contributed by atoms with Gasteiger partial charge >= 0.3 is 0 Å². The van der Waals surface area contributed by atoms with Crippen LogP contribution in [0.2, 0.25) is 0 Å². The van der Waals surface area contributed by atoms with E-state index in [0.29, 0.717) is 16.7 Å². The van der Waals surface area contributed by atoms with E-state index in [0.717, 1.165) is 28.7 Å². The number of nitrogens with one attached hydrogen (secondary N) is 1. The van der Waals surface area contributed by atoms with E-state index in [1.54, 1.807) is 17.5 Å². The first-order valence-corrected chi connectivity index (χ1v) is 11.1. The molecule has 0 fully saturated rings. The van der Waals surface area contributed by atoms with Crippen molar-refractivity contribution in [1.82, 2.24) is 0 Å². The second kappa shape index (κ2) is 7.95. The van der Waals surface area contributed by atoms with Crippen LogP contribution in [0.3, 0.4) is 0 Å². The minimum atomic E-state index is -3.31. The monoisotopic (exact) mass is 414 g/mol. The van der Waals surface area contributed by atoms with Crippen molar-refractivity contribution in [1.29, 1.82) is 0 Å². The predicted octanol–water partition coefficient (Wildman–Crippen LogP) is 3.20. The normalized spacial score (nSPS) is 11.2. The van der Waals surface area contributed by atoms with Crippen LogP contribution in [0.5, 0.6) is 0 Å². The summed E-state index contributed by atoms with van der Waals surface area (Å²) in [5, 5.41) is 4.67. The zero-order valence-corrected chi connectivity index (χ0v) is 16.6. The summed E-state index contributed by atoms with van der Waals surface area (Å²) in [6.45, 7) is 0.224. The minimum Gasteiger partial charge on any atom is -0.378 e. The molecule has 0 unspecified atom stereocenters. The molecule has 0 saturated heterocycles. The van der Waals surface area contributed by atoms with Crippen LogP contribution in [-0.4, -0.2) is 33.4 Å². The Kier molecular flexibility index (Phi) is 5.62. The number of sulfone groups is 1. The molecular weight excluding hydrogens is 396 g/mol. The lowest BCUT2D eigenvalue weighted by molar-refractivity contribution is -0.106. The number of nitrogens with two attached hydrogens (primary N) is 1. The smallest absolute Gasteiger partial charge is 0.250 e. The van der Waals surface area contributed by atoms with Crippen LogP contribution in [0.15, 0.2) is 58.8 Å². The lowest BCUT2D eigenvalue weighted by atomic mass is 9.98. The molecule has 28 heavy (non-hydrogen) atoms. The molecule has 6 nitrogen and oxygen atoms in total. The van der Waals surface area contributed by atoms with E-state index in [4.69, 9.17) is 5.73 Å². The highest BCUT2D eigenvalue weighted by Crippen LogP contribution is 2.40. The van der Waals surface area contributed by atoms with Gasteiger partial charge in [-0.3, -0.25) is 4.79 Å². The lowest BCUT2D eigenvalue weighted by Crippen LogP contribution is -2.11. The third kappa shape index (κ3) is 4.13. The maximum Gasteiger partial charge on any atom is 0.250 e. The highest BCUT2D eigenvalue weighted by atomic mass is 32.2. The van der Waals surface area contributed by atoms with Crippen molar-refractivity contribution in [3.8, 4) is 21.6 Å². The fourth-order valence-corrected chi connectivity index (χ4v) is 4.52. The molecule has 0 aliphatic carbocycles. The second-order valence-electron chi connectivity index (χ2n) is 6.14. The van der Waals surface area contributed by atoms with E-state index >= 15 is 0 Å². The summed E-state index contributed by atoms with van der Waals surface area (Å²) >= 11 is 1.39. The summed E-state index contributed by atoms with van der Waals surface area (Å²) < 4.78 is 23.4. The Hall–Kier alpha value is -2.97. The van der Waals surface area contributed by atoms with Gasteiger partial charge in [-0.1, -0.05) is 24.3 Å². The van der Waals surface area contributed by atoms with Gasteiger partial charge in [-0.05, 0) is 35.4 Å². The van der Waals surface area contributed by atoms with Crippen molar-refractivity contribution in [2.24, 2.45) is 5.73 Å². The second-order valence-corrected chi connectivity index (χ2v) is 9.03. The molecule has 0 aliphatic heterocycles. The molecule has 0 spiro atoms. The van der Waals surface area contributed by atoms with Crippen LogP contribution in [-0.2, 0) is 14.6 Å². The summed E-state index contributed by atoms with van der Waals surface area (Å²) in [5.74, 6) is -0.547. The third-order valence-corrected chi connectivity index (χ3v) is 6.32. The van der Waals surface area contributed by atoms with Gasteiger partial charge in [0.05, 0.1) is 17.0 Å². The number of thiophene rings is 1. The number of carbonyl (C=O) groups excluding carboxylic acids is 2. The SMILES string of the molecule is CS(=O)(=O)c1ccc(-c2c(C(N)=O)csc2-c2ccc(NCC=O)cc2)cc1. The van der Waals surface area contributed by atoms with Gasteiger partial charge in [-0.15, -0.1) is 11.3 Å². The van der Waals surface area contributed by atoms with E-state index in [2.05, 4.69) is 5.32 Å². The number of hydrogen-bond donors (Lipinski definition) is 2. The van der Waals surface area contributed by atoms with E-state index < -0.39 is 15.7 Å². The first kappa shape index (κ1) is 19.8. The number of aldehydes is 1. The van der Waals surface area contributed by atoms with Crippen molar-refractivity contribution in [2.45, 2.75) is 4.90 Å². The minimum absolute atomic E-state index is 0.208. The van der Waals surface area contributed by atoms with Gasteiger partial charge in [0, 0.05) is 27.8 Å². The van der Waals surface area contributed by atoms with Crippen molar-refractivity contribution in [3.05, 3.63) is 59.5 Å². The molecule has 0 aliphatic rings. The number of rotatable bonds is 7. The molecule has 1 aromatic heterocycles. The van der Waals surface area contributed by atoms with Gasteiger partial charge in [-0.25, -0.2) is 8.42 Å². The topological polar surface area (TPSA) is 106 Å². The number of amides is 1. The predicted molar refractivity (Wildman–Crippen MR) is 111 cm³/mol. The largest absolute Gasteiger partial charge is 0.378 e. The number of anilines is 1. The molecule has 144 valence electrons. The summed E-state index contributed by atoms with van der Waals surface area (Å²) in [6, 6.07) is 13.9. The first-order chi connectivity index (χ1) is 13.3. The van der Waals surface area contributed by atoms with Gasteiger partial charge in [0.2, 0.25) is 5.91 Å². The standard InChI is InChI=1S/C20H18N2O4S2/c1-28(25,26)16-8-4-13(5-9-16)18-17(20(21)24)12-27-19(18)14-2-6-15(7-3-14)22-10-11-23/h2-9,11-12,22H,10H2,1H3,(H2,21,24). The van der Waals surface area contributed by atoms with Crippen molar-refractivity contribution in [2.75, 3.05) is 18.1 Å². The Morgan fingerprint density at radius 3 is 2.21 bits per heavy atom. The molecule has 1 heterocycles. The fourth-order valence-electron chi connectivity index (χ4n) is 2.81. The van der Waals surface area contributed by atoms with Gasteiger partial charge in [-0.2, -0.15) is 0 Å². The molecule has 3 aromatic rings. The molecule has 2 aromatic carbocycles. The quantitative estimate of drug-likeness (QED) is 0.578. The van der Waals surface area contributed by atoms with E-state index in [1.807, 2.05) is 24.3 Å². The van der Waals surface area contributed by atoms with Crippen LogP contribution in [0.25, 0.3) is 21.6 Å². The summed E-state index contributed by atoms with van der Waals surface area (Å²) in [7, 11) is -3.31. The Labute approximate surface area is 166 Å². The molecule has 0 radical (unpaired) electrons. The van der Waals surface area contributed by atoms with E-state index in [1.165, 1.54) is 23.5 Å². The van der Waals surface area contributed by atoms with E-state index in [-0.39, 0.29) is 11.4 Å².